The van der Waals surface area contributed by atoms with Crippen LogP contribution < -0.4 is 0 Å². The van der Waals surface area contributed by atoms with E-state index in [4.69, 9.17) is 4.74 Å². The number of hydrogen-bond donors (Lipinski definition) is 0. The molecule has 1 atom stereocenters. The molecular weight excluding hydrogens is 290 g/mol. The van der Waals surface area contributed by atoms with Crippen molar-refractivity contribution in [3.8, 4) is 0 Å². The van der Waals surface area contributed by atoms with Crippen LogP contribution in [0.15, 0.2) is 24.3 Å². The van der Waals surface area contributed by atoms with Gasteiger partial charge in [-0.25, -0.2) is 4.79 Å². The summed E-state index contributed by atoms with van der Waals surface area (Å²) in [7, 11) is 1.58. The van der Waals surface area contributed by atoms with Crippen molar-refractivity contribution in [2.24, 2.45) is 0 Å². The highest BCUT2D eigenvalue weighted by Gasteiger charge is 2.36. The lowest BCUT2D eigenvalue weighted by Crippen LogP contribution is -2.48. The van der Waals surface area contributed by atoms with Crippen molar-refractivity contribution in [1.29, 1.82) is 0 Å². The summed E-state index contributed by atoms with van der Waals surface area (Å²) < 4.78 is 5.38. The van der Waals surface area contributed by atoms with Crippen molar-refractivity contribution in [2.75, 3.05) is 7.05 Å². The number of carbonyl (C=O) groups is 2. The molecule has 0 aliphatic carbocycles. The van der Waals surface area contributed by atoms with Crippen molar-refractivity contribution in [3.63, 3.8) is 0 Å². The van der Waals surface area contributed by atoms with E-state index >= 15 is 0 Å². The lowest BCUT2D eigenvalue weighted by Gasteiger charge is -2.36. The molecule has 23 heavy (non-hydrogen) atoms. The number of nitrogens with zero attached hydrogens (tertiary/aromatic N) is 1. The van der Waals surface area contributed by atoms with E-state index in [1.165, 1.54) is 10.5 Å². The Labute approximate surface area is 139 Å². The van der Waals surface area contributed by atoms with E-state index < -0.39 is 17.2 Å². The van der Waals surface area contributed by atoms with Gasteiger partial charge >= 0.3 is 6.09 Å². The van der Waals surface area contributed by atoms with Crippen molar-refractivity contribution in [3.05, 3.63) is 35.4 Å². The van der Waals surface area contributed by atoms with Crippen LogP contribution in [0.4, 0.5) is 4.79 Å². The van der Waals surface area contributed by atoms with Crippen LogP contribution >= 0.6 is 0 Å². The van der Waals surface area contributed by atoms with Crippen molar-refractivity contribution in [1.82, 2.24) is 4.90 Å². The molecule has 1 aromatic rings. The van der Waals surface area contributed by atoms with Crippen LogP contribution in [-0.2, 0) is 20.5 Å². The molecule has 1 amide bonds. The molecule has 0 fully saturated rings. The number of likely N-dealkylation sites (N-methyl/N-ethyl adjacent to an activating group) is 1. The Bertz CT molecular complexity index is 564. The van der Waals surface area contributed by atoms with Crippen molar-refractivity contribution in [2.45, 2.75) is 65.0 Å². The Morgan fingerprint density at radius 1 is 0.957 bits per heavy atom. The van der Waals surface area contributed by atoms with Crippen LogP contribution in [0.25, 0.3) is 0 Å². The van der Waals surface area contributed by atoms with Gasteiger partial charge in [-0.15, -0.1) is 0 Å². The quantitative estimate of drug-likeness (QED) is 0.782. The highest BCUT2D eigenvalue weighted by Crippen LogP contribution is 2.29. The Morgan fingerprint density at radius 3 is 1.74 bits per heavy atom. The fourth-order valence-corrected chi connectivity index (χ4v) is 2.17. The molecule has 0 spiro atoms. The SMILES string of the molecule is CN(C(=O)OC(C)(C)C)C(C)(C=O)c1ccc(C(C)(C)C)cc1. The Hall–Kier alpha value is -1.84. The van der Waals surface area contributed by atoms with Crippen LogP contribution in [0, 0.1) is 0 Å². The van der Waals surface area contributed by atoms with Gasteiger partial charge in [-0.2, -0.15) is 0 Å². The summed E-state index contributed by atoms with van der Waals surface area (Å²) >= 11 is 0. The molecule has 0 saturated carbocycles. The summed E-state index contributed by atoms with van der Waals surface area (Å²) in [5.74, 6) is 0. The number of amides is 1. The fourth-order valence-electron chi connectivity index (χ4n) is 2.17. The minimum absolute atomic E-state index is 0.0349. The number of aldehydes is 1. The van der Waals surface area contributed by atoms with Gasteiger partial charge in [-0.3, -0.25) is 4.90 Å². The second kappa shape index (κ2) is 6.34. The monoisotopic (exact) mass is 319 g/mol. The van der Waals surface area contributed by atoms with Crippen LogP contribution in [0.2, 0.25) is 0 Å². The minimum Gasteiger partial charge on any atom is -0.444 e. The van der Waals surface area contributed by atoms with Gasteiger partial charge in [0.2, 0.25) is 0 Å². The molecule has 0 aromatic heterocycles. The van der Waals surface area contributed by atoms with Crippen LogP contribution in [0.1, 0.15) is 59.6 Å². The second-order valence-electron chi connectivity index (χ2n) is 8.13. The molecule has 0 saturated heterocycles. The average molecular weight is 319 g/mol. The molecule has 0 aliphatic heterocycles. The van der Waals surface area contributed by atoms with Gasteiger partial charge in [0.05, 0.1) is 0 Å². The molecule has 0 radical (unpaired) electrons. The second-order valence-corrected chi connectivity index (χ2v) is 8.13. The van der Waals surface area contributed by atoms with Crippen LogP contribution in [-0.4, -0.2) is 29.9 Å². The molecule has 4 heteroatoms. The zero-order chi connectivity index (χ0) is 18.1. The predicted molar refractivity (Wildman–Crippen MR) is 92.6 cm³/mol. The van der Waals surface area contributed by atoms with E-state index in [1.54, 1.807) is 34.7 Å². The van der Waals surface area contributed by atoms with E-state index in [0.717, 1.165) is 11.8 Å². The Balaban J connectivity index is 3.14. The molecule has 0 heterocycles. The number of benzene rings is 1. The molecule has 1 unspecified atom stereocenters. The molecule has 1 rings (SSSR count). The maximum absolute atomic E-state index is 12.3. The third-order valence-corrected chi connectivity index (χ3v) is 3.93. The number of hydrogen-bond acceptors (Lipinski definition) is 3. The van der Waals surface area contributed by atoms with Gasteiger partial charge < -0.3 is 9.53 Å². The first-order valence-electron chi connectivity index (χ1n) is 7.85. The van der Waals surface area contributed by atoms with Gasteiger partial charge in [0.25, 0.3) is 0 Å². The first-order valence-corrected chi connectivity index (χ1v) is 7.85. The van der Waals surface area contributed by atoms with E-state index in [2.05, 4.69) is 20.8 Å². The first kappa shape index (κ1) is 19.2. The third kappa shape index (κ3) is 4.57. The van der Waals surface area contributed by atoms with E-state index in [0.29, 0.717) is 0 Å². The van der Waals surface area contributed by atoms with E-state index in [1.807, 2.05) is 24.3 Å². The van der Waals surface area contributed by atoms with Crippen molar-refractivity contribution >= 4 is 12.4 Å². The van der Waals surface area contributed by atoms with E-state index in [9.17, 15) is 9.59 Å². The largest absolute Gasteiger partial charge is 0.444 e. The lowest BCUT2D eigenvalue weighted by molar-refractivity contribution is -0.117. The summed E-state index contributed by atoms with van der Waals surface area (Å²) in [6.45, 7) is 13.5. The van der Waals surface area contributed by atoms with Gasteiger partial charge in [0.15, 0.2) is 0 Å². The predicted octanol–water partition coefficient (Wildman–Crippen LogP) is 4.27. The number of ether oxygens (including phenoxy) is 1. The minimum atomic E-state index is -1.07. The molecule has 0 N–H and O–H groups in total. The number of carbonyl (C=O) groups excluding carboxylic acids is 2. The normalized spacial score (nSPS) is 14.8. The smallest absolute Gasteiger partial charge is 0.411 e. The summed E-state index contributed by atoms with van der Waals surface area (Å²) in [6.07, 6.45) is 0.259. The third-order valence-electron chi connectivity index (χ3n) is 3.93. The average Bonchev–Trinajstić information content (AvgIpc) is 2.43. The lowest BCUT2D eigenvalue weighted by atomic mass is 9.84. The summed E-state index contributed by atoms with van der Waals surface area (Å²) in [5, 5.41) is 0. The standard InChI is InChI=1S/C19H29NO3/c1-17(2,3)14-9-11-15(12-10-14)19(7,13-21)20(8)16(22)23-18(4,5)6/h9-13H,1-8H3. The van der Waals surface area contributed by atoms with E-state index in [-0.39, 0.29) is 5.41 Å². The summed E-state index contributed by atoms with van der Waals surface area (Å²) in [6, 6.07) is 7.80. The van der Waals surface area contributed by atoms with Gasteiger partial charge in [-0.1, -0.05) is 45.0 Å². The molecule has 0 aliphatic rings. The first-order chi connectivity index (χ1) is 10.3. The van der Waals surface area contributed by atoms with Crippen molar-refractivity contribution < 1.29 is 14.3 Å². The maximum Gasteiger partial charge on any atom is 0.411 e. The molecule has 128 valence electrons. The highest BCUT2D eigenvalue weighted by molar-refractivity contribution is 5.78. The Kier molecular flexibility index (Phi) is 5.30. The molecular formula is C19H29NO3. The van der Waals surface area contributed by atoms with Gasteiger partial charge in [0, 0.05) is 7.05 Å². The summed E-state index contributed by atoms with van der Waals surface area (Å²) in [4.78, 5) is 25.4. The van der Waals surface area contributed by atoms with Crippen LogP contribution in [0.5, 0.6) is 0 Å². The Morgan fingerprint density at radius 2 is 1.39 bits per heavy atom. The fraction of sp³-hybridized carbons (Fsp3) is 0.579. The maximum atomic E-state index is 12.3. The van der Waals surface area contributed by atoms with Crippen LogP contribution in [0.3, 0.4) is 0 Å². The molecule has 1 aromatic carbocycles. The zero-order valence-corrected chi connectivity index (χ0v) is 15.6. The zero-order valence-electron chi connectivity index (χ0n) is 15.6. The van der Waals surface area contributed by atoms with Gasteiger partial charge in [-0.05, 0) is 44.2 Å². The van der Waals surface area contributed by atoms with Gasteiger partial charge in [0.1, 0.15) is 17.4 Å². The molecule has 4 nitrogen and oxygen atoms in total. The highest BCUT2D eigenvalue weighted by atomic mass is 16.6. The summed E-state index contributed by atoms with van der Waals surface area (Å²) in [5.41, 5.74) is 0.292. The number of rotatable bonds is 3. The topological polar surface area (TPSA) is 46.6 Å². The molecule has 0 bridgehead atoms.